The van der Waals surface area contributed by atoms with Gasteiger partial charge in [-0.25, -0.2) is 9.18 Å². The molecule has 0 aliphatic heterocycles. The SMILES string of the molecule is O=C(NCC1CCC(O)(c2ccc(O)cn2)CC1)OCc1ccccc1F. The van der Waals surface area contributed by atoms with Crippen LogP contribution < -0.4 is 5.32 Å². The lowest BCUT2D eigenvalue weighted by atomic mass is 9.77. The molecule has 0 saturated heterocycles. The molecule has 0 atom stereocenters. The summed E-state index contributed by atoms with van der Waals surface area (Å²) in [6.45, 7) is 0.324. The zero-order valence-electron chi connectivity index (χ0n) is 14.9. The van der Waals surface area contributed by atoms with E-state index in [0.29, 0.717) is 30.6 Å². The Kier molecular flexibility index (Phi) is 5.91. The fourth-order valence-corrected chi connectivity index (χ4v) is 3.31. The number of rotatable bonds is 5. The number of pyridine rings is 1. The van der Waals surface area contributed by atoms with Gasteiger partial charge in [-0.1, -0.05) is 18.2 Å². The summed E-state index contributed by atoms with van der Waals surface area (Å²) >= 11 is 0. The smallest absolute Gasteiger partial charge is 0.407 e. The third kappa shape index (κ3) is 4.95. The van der Waals surface area contributed by atoms with Crippen molar-refractivity contribution in [2.75, 3.05) is 6.54 Å². The Labute approximate surface area is 157 Å². The number of aromatic hydroxyl groups is 1. The van der Waals surface area contributed by atoms with Gasteiger partial charge >= 0.3 is 6.09 Å². The van der Waals surface area contributed by atoms with E-state index in [4.69, 9.17) is 4.74 Å². The van der Waals surface area contributed by atoms with Gasteiger partial charge in [-0.2, -0.15) is 0 Å². The van der Waals surface area contributed by atoms with Crippen molar-refractivity contribution < 1.29 is 24.1 Å². The summed E-state index contributed by atoms with van der Waals surface area (Å²) in [4.78, 5) is 15.9. The maximum atomic E-state index is 13.5. The molecule has 0 spiro atoms. The highest BCUT2D eigenvalue weighted by Gasteiger charge is 2.36. The van der Waals surface area contributed by atoms with Crippen molar-refractivity contribution in [3.63, 3.8) is 0 Å². The first-order valence-electron chi connectivity index (χ1n) is 8.98. The Morgan fingerprint density at radius 1 is 1.26 bits per heavy atom. The van der Waals surface area contributed by atoms with E-state index in [2.05, 4.69) is 10.3 Å². The Balaban J connectivity index is 1.42. The van der Waals surface area contributed by atoms with Gasteiger partial charge < -0.3 is 20.3 Å². The third-order valence-corrected chi connectivity index (χ3v) is 5.01. The first kappa shape index (κ1) is 19.1. The van der Waals surface area contributed by atoms with Crippen molar-refractivity contribution in [2.24, 2.45) is 5.92 Å². The molecule has 1 fully saturated rings. The number of benzene rings is 1. The Morgan fingerprint density at radius 3 is 2.67 bits per heavy atom. The van der Waals surface area contributed by atoms with Gasteiger partial charge in [0.25, 0.3) is 0 Å². The highest BCUT2D eigenvalue weighted by Crippen LogP contribution is 2.38. The minimum absolute atomic E-state index is 0.0640. The van der Waals surface area contributed by atoms with Gasteiger partial charge in [0.15, 0.2) is 0 Å². The number of hydrogen-bond acceptors (Lipinski definition) is 5. The van der Waals surface area contributed by atoms with E-state index in [0.717, 1.165) is 12.8 Å². The van der Waals surface area contributed by atoms with Gasteiger partial charge in [-0.05, 0) is 49.8 Å². The molecule has 0 bridgehead atoms. The third-order valence-electron chi connectivity index (χ3n) is 5.01. The van der Waals surface area contributed by atoms with Crippen LogP contribution in [0.2, 0.25) is 0 Å². The van der Waals surface area contributed by atoms with Gasteiger partial charge in [0.2, 0.25) is 0 Å². The normalized spacial score (nSPS) is 22.2. The van der Waals surface area contributed by atoms with E-state index in [1.165, 1.54) is 18.3 Å². The molecule has 1 aliphatic rings. The van der Waals surface area contributed by atoms with Gasteiger partial charge in [0.05, 0.1) is 11.9 Å². The van der Waals surface area contributed by atoms with Crippen LogP contribution in [0.4, 0.5) is 9.18 Å². The Bertz CT molecular complexity index is 774. The molecule has 1 aliphatic carbocycles. The van der Waals surface area contributed by atoms with Crippen LogP contribution in [0.3, 0.4) is 0 Å². The second kappa shape index (κ2) is 8.35. The molecule has 144 valence electrons. The summed E-state index contributed by atoms with van der Waals surface area (Å²) < 4.78 is 18.5. The average molecular weight is 374 g/mol. The van der Waals surface area contributed by atoms with Crippen LogP contribution in [-0.4, -0.2) is 27.8 Å². The molecular weight excluding hydrogens is 351 g/mol. The first-order valence-corrected chi connectivity index (χ1v) is 8.98. The van der Waals surface area contributed by atoms with E-state index < -0.39 is 17.5 Å². The zero-order valence-corrected chi connectivity index (χ0v) is 14.9. The van der Waals surface area contributed by atoms with Gasteiger partial charge in [0, 0.05) is 12.1 Å². The molecule has 7 heteroatoms. The molecule has 3 N–H and O–H groups in total. The van der Waals surface area contributed by atoms with Crippen LogP contribution in [0.25, 0.3) is 0 Å². The fraction of sp³-hybridized carbons (Fsp3) is 0.400. The van der Waals surface area contributed by atoms with Gasteiger partial charge in [-0.3, -0.25) is 4.98 Å². The number of amides is 1. The number of carbonyl (C=O) groups excluding carboxylic acids is 1. The predicted molar refractivity (Wildman–Crippen MR) is 96.3 cm³/mol. The number of halogens is 1. The monoisotopic (exact) mass is 374 g/mol. The largest absolute Gasteiger partial charge is 0.506 e. The molecule has 1 amide bonds. The van der Waals surface area contributed by atoms with E-state index in [9.17, 15) is 19.4 Å². The summed E-state index contributed by atoms with van der Waals surface area (Å²) in [5.74, 6) is -0.114. The van der Waals surface area contributed by atoms with Crippen LogP contribution in [0.15, 0.2) is 42.6 Å². The van der Waals surface area contributed by atoms with Gasteiger partial charge in [-0.15, -0.1) is 0 Å². The van der Waals surface area contributed by atoms with Crippen molar-refractivity contribution in [2.45, 2.75) is 37.9 Å². The fourth-order valence-electron chi connectivity index (χ4n) is 3.31. The number of nitrogens with one attached hydrogen (secondary N) is 1. The second-order valence-corrected chi connectivity index (χ2v) is 6.93. The van der Waals surface area contributed by atoms with E-state index in [1.807, 2.05) is 0 Å². The summed E-state index contributed by atoms with van der Waals surface area (Å²) in [7, 11) is 0. The quantitative estimate of drug-likeness (QED) is 0.747. The molecule has 1 aromatic heterocycles. The molecule has 6 nitrogen and oxygen atoms in total. The molecule has 2 aromatic rings. The number of alkyl carbamates (subject to hydrolysis) is 1. The van der Waals surface area contributed by atoms with Crippen LogP contribution in [0, 0.1) is 11.7 Å². The summed E-state index contributed by atoms with van der Waals surface area (Å²) in [5, 5.41) is 22.8. The van der Waals surface area contributed by atoms with E-state index in [-0.39, 0.29) is 18.3 Å². The highest BCUT2D eigenvalue weighted by molar-refractivity contribution is 5.67. The standard InChI is InChI=1S/C20H23FN2O4/c21-17-4-2-1-3-15(17)13-27-19(25)23-11-14-7-9-20(26,10-8-14)18-6-5-16(24)12-22-18/h1-6,12,14,24,26H,7-11,13H2,(H,23,25). The van der Waals surface area contributed by atoms with Crippen molar-refractivity contribution >= 4 is 6.09 Å². The molecule has 1 saturated carbocycles. The minimum atomic E-state index is -1.00. The zero-order chi connectivity index (χ0) is 19.3. The first-order chi connectivity index (χ1) is 13.0. The number of carbonyl (C=O) groups is 1. The van der Waals surface area contributed by atoms with Crippen LogP contribution in [0.5, 0.6) is 5.75 Å². The molecular formula is C20H23FN2O4. The number of aliphatic hydroxyl groups is 1. The number of aromatic nitrogens is 1. The predicted octanol–water partition coefficient (Wildman–Crippen LogP) is 3.23. The van der Waals surface area contributed by atoms with Gasteiger partial charge in [0.1, 0.15) is 23.8 Å². The number of ether oxygens (including phenoxy) is 1. The molecule has 1 heterocycles. The molecule has 27 heavy (non-hydrogen) atoms. The number of nitrogens with zero attached hydrogens (tertiary/aromatic N) is 1. The summed E-state index contributed by atoms with van der Waals surface area (Å²) in [6.07, 6.45) is 3.26. The van der Waals surface area contributed by atoms with E-state index >= 15 is 0 Å². The van der Waals surface area contributed by atoms with Crippen LogP contribution in [-0.2, 0) is 16.9 Å². The van der Waals surface area contributed by atoms with Crippen molar-refractivity contribution in [3.05, 3.63) is 59.7 Å². The second-order valence-electron chi connectivity index (χ2n) is 6.93. The lowest BCUT2D eigenvalue weighted by Gasteiger charge is -2.35. The molecule has 0 unspecified atom stereocenters. The number of hydrogen-bond donors (Lipinski definition) is 3. The van der Waals surface area contributed by atoms with Crippen molar-refractivity contribution in [1.29, 1.82) is 0 Å². The van der Waals surface area contributed by atoms with Crippen molar-refractivity contribution in [1.82, 2.24) is 10.3 Å². The average Bonchev–Trinajstić information content (AvgIpc) is 2.67. The molecule has 0 radical (unpaired) electrons. The summed E-state index contributed by atoms with van der Waals surface area (Å²) in [5.41, 5.74) is -0.122. The topological polar surface area (TPSA) is 91.7 Å². The minimum Gasteiger partial charge on any atom is -0.506 e. The lowest BCUT2D eigenvalue weighted by molar-refractivity contribution is -0.0177. The Morgan fingerprint density at radius 2 is 2.00 bits per heavy atom. The van der Waals surface area contributed by atoms with E-state index in [1.54, 1.807) is 24.3 Å². The molecule has 3 rings (SSSR count). The lowest BCUT2D eigenvalue weighted by Crippen LogP contribution is -2.37. The van der Waals surface area contributed by atoms with Crippen LogP contribution in [0.1, 0.15) is 36.9 Å². The van der Waals surface area contributed by atoms with Crippen molar-refractivity contribution in [3.8, 4) is 5.75 Å². The highest BCUT2D eigenvalue weighted by atomic mass is 19.1. The molecule has 1 aromatic carbocycles. The Hall–Kier alpha value is -2.67. The maximum Gasteiger partial charge on any atom is 0.407 e. The maximum absolute atomic E-state index is 13.5. The summed E-state index contributed by atoms with van der Waals surface area (Å²) in [6, 6.07) is 9.31. The van der Waals surface area contributed by atoms with Crippen LogP contribution >= 0.6 is 0 Å².